The van der Waals surface area contributed by atoms with Crippen molar-refractivity contribution in [2.24, 2.45) is 5.73 Å². The first-order valence-electron chi connectivity index (χ1n) is 8.30. The van der Waals surface area contributed by atoms with Crippen molar-refractivity contribution in [3.8, 4) is 0 Å². The van der Waals surface area contributed by atoms with Crippen molar-refractivity contribution in [3.05, 3.63) is 22.7 Å². The number of aryl methyl sites for hydroxylation is 1. The molecule has 1 aromatic rings. The van der Waals surface area contributed by atoms with E-state index < -0.39 is 0 Å². The minimum absolute atomic E-state index is 0.0435. The van der Waals surface area contributed by atoms with E-state index in [0.29, 0.717) is 18.4 Å². The zero-order valence-electron chi connectivity index (χ0n) is 13.1. The number of nitrogens with zero attached hydrogens (tertiary/aromatic N) is 3. The van der Waals surface area contributed by atoms with E-state index in [0.717, 1.165) is 38.8 Å². The third-order valence-electron chi connectivity index (χ3n) is 4.25. The van der Waals surface area contributed by atoms with Crippen molar-refractivity contribution < 1.29 is 0 Å². The van der Waals surface area contributed by atoms with Crippen molar-refractivity contribution in [2.75, 3.05) is 18.0 Å². The molecule has 0 spiro atoms. The molecule has 1 aromatic heterocycles. The molecule has 0 saturated heterocycles. The number of rotatable bonds is 7. The van der Waals surface area contributed by atoms with Crippen LogP contribution < -0.4 is 16.2 Å². The average molecular weight is 292 g/mol. The maximum atomic E-state index is 12.6. The van der Waals surface area contributed by atoms with Gasteiger partial charge in [0, 0.05) is 31.5 Å². The molecule has 5 heteroatoms. The Labute approximate surface area is 127 Å². The number of hydrogen-bond donors (Lipinski definition) is 1. The summed E-state index contributed by atoms with van der Waals surface area (Å²) in [4.78, 5) is 19.3. The Hall–Kier alpha value is -1.36. The van der Waals surface area contributed by atoms with E-state index >= 15 is 0 Å². The lowest BCUT2D eigenvalue weighted by Gasteiger charge is -2.35. The highest BCUT2D eigenvalue weighted by Gasteiger charge is 2.24. The predicted octanol–water partition coefficient (Wildman–Crippen LogP) is 2.14. The van der Waals surface area contributed by atoms with Crippen LogP contribution in [0.1, 0.15) is 51.9 Å². The molecule has 5 nitrogen and oxygen atoms in total. The molecular weight excluding hydrogens is 264 g/mol. The SMILES string of the molecule is CCCn1ccnc(N(CCCN)C2CCCCC2)c1=O. The quantitative estimate of drug-likeness (QED) is 0.836. The molecule has 2 rings (SSSR count). The third-order valence-corrected chi connectivity index (χ3v) is 4.25. The number of aromatic nitrogens is 2. The summed E-state index contributed by atoms with van der Waals surface area (Å²) in [5.74, 6) is 0.617. The van der Waals surface area contributed by atoms with Crippen LogP contribution in [0.25, 0.3) is 0 Å². The maximum Gasteiger partial charge on any atom is 0.293 e. The molecule has 0 unspecified atom stereocenters. The van der Waals surface area contributed by atoms with Crippen LogP contribution in [0.15, 0.2) is 17.2 Å². The molecule has 0 bridgehead atoms. The molecule has 1 aliphatic rings. The molecule has 0 amide bonds. The van der Waals surface area contributed by atoms with E-state index in [1.165, 1.54) is 19.3 Å². The lowest BCUT2D eigenvalue weighted by Crippen LogP contribution is -2.43. The maximum absolute atomic E-state index is 12.6. The lowest BCUT2D eigenvalue weighted by molar-refractivity contribution is 0.409. The fourth-order valence-corrected chi connectivity index (χ4v) is 3.17. The topological polar surface area (TPSA) is 64.2 Å². The molecule has 1 heterocycles. The molecular formula is C16H28N4O. The van der Waals surface area contributed by atoms with Gasteiger partial charge in [-0.15, -0.1) is 0 Å². The van der Waals surface area contributed by atoms with Gasteiger partial charge in [-0.25, -0.2) is 4.98 Å². The van der Waals surface area contributed by atoms with Crippen LogP contribution in [0.4, 0.5) is 5.82 Å². The van der Waals surface area contributed by atoms with Crippen molar-refractivity contribution in [2.45, 2.75) is 64.5 Å². The van der Waals surface area contributed by atoms with Gasteiger partial charge >= 0.3 is 0 Å². The van der Waals surface area contributed by atoms with Gasteiger partial charge in [0.2, 0.25) is 0 Å². The molecule has 1 fully saturated rings. The molecule has 21 heavy (non-hydrogen) atoms. The first-order valence-corrected chi connectivity index (χ1v) is 8.30. The highest BCUT2D eigenvalue weighted by Crippen LogP contribution is 2.24. The molecule has 0 aliphatic heterocycles. The Morgan fingerprint density at radius 2 is 2.14 bits per heavy atom. The highest BCUT2D eigenvalue weighted by atomic mass is 16.1. The standard InChI is InChI=1S/C16H28N4O/c1-2-11-19-13-10-18-15(16(19)21)20(12-6-9-17)14-7-4-3-5-8-14/h10,13-14H,2-9,11-12,17H2,1H3. The largest absolute Gasteiger partial charge is 0.349 e. The van der Waals surface area contributed by atoms with Gasteiger partial charge in [-0.05, 0) is 32.2 Å². The Balaban J connectivity index is 2.26. The van der Waals surface area contributed by atoms with Gasteiger partial charge in [0.05, 0.1) is 0 Å². The first kappa shape index (κ1) is 16.0. The van der Waals surface area contributed by atoms with Gasteiger partial charge in [-0.3, -0.25) is 4.79 Å². The summed E-state index contributed by atoms with van der Waals surface area (Å²) in [6.07, 6.45) is 11.5. The minimum Gasteiger partial charge on any atom is -0.349 e. The summed E-state index contributed by atoms with van der Waals surface area (Å²) in [6.45, 7) is 4.32. The summed E-state index contributed by atoms with van der Waals surface area (Å²) in [7, 11) is 0. The molecule has 0 aromatic carbocycles. The Morgan fingerprint density at radius 3 is 2.81 bits per heavy atom. The van der Waals surface area contributed by atoms with Crippen molar-refractivity contribution >= 4 is 5.82 Å². The molecule has 2 N–H and O–H groups in total. The summed E-state index contributed by atoms with van der Waals surface area (Å²) in [5.41, 5.74) is 5.71. The summed E-state index contributed by atoms with van der Waals surface area (Å²) in [6, 6.07) is 0.447. The van der Waals surface area contributed by atoms with Crippen molar-refractivity contribution in [1.29, 1.82) is 0 Å². The smallest absolute Gasteiger partial charge is 0.293 e. The van der Waals surface area contributed by atoms with Crippen LogP contribution in [0, 0.1) is 0 Å². The average Bonchev–Trinajstić information content (AvgIpc) is 2.52. The number of nitrogens with two attached hydrogens (primary N) is 1. The van der Waals surface area contributed by atoms with Gasteiger partial charge in [0.25, 0.3) is 5.56 Å². The normalized spacial score (nSPS) is 16.1. The van der Waals surface area contributed by atoms with Crippen molar-refractivity contribution in [1.82, 2.24) is 9.55 Å². The second-order valence-electron chi connectivity index (χ2n) is 5.88. The van der Waals surface area contributed by atoms with Crippen LogP contribution in [0.3, 0.4) is 0 Å². The van der Waals surface area contributed by atoms with E-state index in [1.54, 1.807) is 17.0 Å². The predicted molar refractivity (Wildman–Crippen MR) is 86.7 cm³/mol. The lowest BCUT2D eigenvalue weighted by atomic mass is 9.94. The molecule has 1 aliphatic carbocycles. The van der Waals surface area contributed by atoms with Crippen molar-refractivity contribution in [3.63, 3.8) is 0 Å². The summed E-state index contributed by atoms with van der Waals surface area (Å²) >= 11 is 0. The molecule has 0 atom stereocenters. The van der Waals surface area contributed by atoms with Gasteiger partial charge in [-0.2, -0.15) is 0 Å². The Bertz CT molecular complexity index is 479. The zero-order valence-corrected chi connectivity index (χ0v) is 13.1. The summed E-state index contributed by atoms with van der Waals surface area (Å²) in [5, 5.41) is 0. The minimum atomic E-state index is 0.0435. The number of anilines is 1. The fraction of sp³-hybridized carbons (Fsp3) is 0.750. The van der Waals surface area contributed by atoms with E-state index in [-0.39, 0.29) is 5.56 Å². The van der Waals surface area contributed by atoms with Crippen LogP contribution in [0.2, 0.25) is 0 Å². The van der Waals surface area contributed by atoms with Crippen LogP contribution in [-0.2, 0) is 6.54 Å². The third kappa shape index (κ3) is 4.06. The molecule has 1 saturated carbocycles. The Morgan fingerprint density at radius 1 is 1.38 bits per heavy atom. The van der Waals surface area contributed by atoms with Gasteiger partial charge in [0.1, 0.15) is 0 Å². The second-order valence-corrected chi connectivity index (χ2v) is 5.88. The molecule has 0 radical (unpaired) electrons. The van der Waals surface area contributed by atoms with Gasteiger partial charge in [-0.1, -0.05) is 26.2 Å². The van der Waals surface area contributed by atoms with E-state index in [2.05, 4.69) is 16.8 Å². The van der Waals surface area contributed by atoms with E-state index in [4.69, 9.17) is 5.73 Å². The van der Waals surface area contributed by atoms with E-state index in [1.807, 2.05) is 0 Å². The summed E-state index contributed by atoms with van der Waals surface area (Å²) < 4.78 is 1.78. The molecule has 118 valence electrons. The van der Waals surface area contributed by atoms with Crippen LogP contribution in [-0.4, -0.2) is 28.7 Å². The highest BCUT2D eigenvalue weighted by molar-refractivity contribution is 5.37. The monoisotopic (exact) mass is 292 g/mol. The first-order chi connectivity index (χ1) is 10.3. The van der Waals surface area contributed by atoms with E-state index in [9.17, 15) is 4.79 Å². The Kier molecular flexibility index (Phi) is 6.23. The van der Waals surface area contributed by atoms with Gasteiger partial charge < -0.3 is 15.2 Å². The van der Waals surface area contributed by atoms with Gasteiger partial charge in [0.15, 0.2) is 5.82 Å². The van der Waals surface area contributed by atoms with Crippen LogP contribution >= 0.6 is 0 Å². The zero-order chi connectivity index (χ0) is 15.1. The second kappa shape index (κ2) is 8.17. The number of hydrogen-bond acceptors (Lipinski definition) is 4. The van der Waals surface area contributed by atoms with Crippen LogP contribution in [0.5, 0.6) is 0 Å². The fourth-order valence-electron chi connectivity index (χ4n) is 3.17.